The molecule has 1 N–H and O–H groups in total. The number of nitrogens with zero attached hydrogens (tertiary/aromatic N) is 1. The van der Waals surface area contributed by atoms with Crippen molar-refractivity contribution in [3.63, 3.8) is 0 Å². The van der Waals surface area contributed by atoms with Gasteiger partial charge in [-0.1, -0.05) is 0 Å². The van der Waals surface area contributed by atoms with Crippen LogP contribution in [0.1, 0.15) is 24.3 Å². The maximum absolute atomic E-state index is 10.3. The van der Waals surface area contributed by atoms with Crippen molar-refractivity contribution in [2.45, 2.75) is 31.8 Å². The lowest BCUT2D eigenvalue weighted by Crippen LogP contribution is -2.18. The maximum Gasteiger partial charge on any atom is 0.0950 e. The minimum absolute atomic E-state index is 0.121. The van der Waals surface area contributed by atoms with Crippen LogP contribution in [0.3, 0.4) is 0 Å². The molecule has 0 aromatic carbocycles. The van der Waals surface area contributed by atoms with E-state index in [9.17, 15) is 5.11 Å². The molecule has 1 aromatic rings. The molecule has 0 radical (unpaired) electrons. The number of aliphatic hydroxyl groups excluding tert-OH is 1. The van der Waals surface area contributed by atoms with Crippen molar-refractivity contribution in [3.8, 4) is 0 Å². The average molecular weight is 235 g/mol. The highest BCUT2D eigenvalue weighted by Crippen LogP contribution is 2.70. The zero-order valence-corrected chi connectivity index (χ0v) is 10.1. The van der Waals surface area contributed by atoms with Crippen LogP contribution in [0.4, 0.5) is 0 Å². The molecule has 5 atom stereocenters. The van der Waals surface area contributed by atoms with Crippen LogP contribution in [0.2, 0.25) is 0 Å². The lowest BCUT2D eigenvalue weighted by atomic mass is 9.97. The molecule has 1 aromatic heterocycles. The third-order valence-electron chi connectivity index (χ3n) is 5.11. The Bertz CT molecular complexity index is 375. The van der Waals surface area contributed by atoms with Gasteiger partial charge < -0.3 is 5.11 Å². The number of rotatable bonds is 3. The quantitative estimate of drug-likeness (QED) is 0.872. The zero-order valence-electron chi connectivity index (χ0n) is 9.25. The molecule has 0 aliphatic heterocycles. The summed E-state index contributed by atoms with van der Waals surface area (Å²) >= 11 is 1.67. The molecule has 5 unspecified atom stereocenters. The summed E-state index contributed by atoms with van der Waals surface area (Å²) in [5, 5.41) is 13.4. The molecule has 1 heterocycles. The Morgan fingerprint density at radius 2 is 2.12 bits per heavy atom. The predicted molar refractivity (Wildman–Crippen MR) is 63.1 cm³/mol. The Morgan fingerprint density at radius 1 is 1.38 bits per heavy atom. The van der Waals surface area contributed by atoms with E-state index >= 15 is 0 Å². The van der Waals surface area contributed by atoms with Crippen molar-refractivity contribution >= 4 is 11.3 Å². The second kappa shape index (κ2) is 3.30. The monoisotopic (exact) mass is 235 g/mol. The van der Waals surface area contributed by atoms with Gasteiger partial charge >= 0.3 is 0 Å². The van der Waals surface area contributed by atoms with Crippen molar-refractivity contribution < 1.29 is 5.11 Å². The molecule has 86 valence electrons. The Kier molecular flexibility index (Phi) is 1.98. The van der Waals surface area contributed by atoms with Crippen LogP contribution in [0.5, 0.6) is 0 Å². The molecular formula is C13H17NOS. The molecule has 4 rings (SSSR count). The summed E-state index contributed by atoms with van der Waals surface area (Å²) in [4.78, 5) is 4.27. The van der Waals surface area contributed by atoms with Crippen molar-refractivity contribution in [2.75, 3.05) is 0 Å². The molecule has 3 heteroatoms. The van der Waals surface area contributed by atoms with Gasteiger partial charge in [-0.25, -0.2) is 4.98 Å². The van der Waals surface area contributed by atoms with Crippen LogP contribution >= 0.6 is 11.3 Å². The van der Waals surface area contributed by atoms with Crippen molar-refractivity contribution in [2.24, 2.45) is 29.6 Å². The first-order valence-corrected chi connectivity index (χ1v) is 7.29. The Morgan fingerprint density at radius 3 is 2.75 bits per heavy atom. The first-order chi connectivity index (χ1) is 7.84. The molecular weight excluding hydrogens is 218 g/mol. The number of hydrogen-bond acceptors (Lipinski definition) is 3. The van der Waals surface area contributed by atoms with E-state index in [0.717, 1.165) is 35.1 Å². The third kappa shape index (κ3) is 1.25. The SMILES string of the molecule is OC(Cc1nccs1)C1C2C3CCC(C3)C12. The van der Waals surface area contributed by atoms with E-state index < -0.39 is 0 Å². The number of aliphatic hydroxyl groups is 1. The summed E-state index contributed by atoms with van der Waals surface area (Å²) in [5.41, 5.74) is 0. The van der Waals surface area contributed by atoms with Crippen molar-refractivity contribution in [1.29, 1.82) is 0 Å². The predicted octanol–water partition coefficient (Wildman–Crippen LogP) is 2.34. The lowest BCUT2D eigenvalue weighted by Gasteiger charge is -2.13. The van der Waals surface area contributed by atoms with E-state index in [1.165, 1.54) is 19.3 Å². The van der Waals surface area contributed by atoms with Gasteiger partial charge in [0.15, 0.2) is 0 Å². The van der Waals surface area contributed by atoms with E-state index in [2.05, 4.69) is 4.98 Å². The van der Waals surface area contributed by atoms with Gasteiger partial charge in [-0.2, -0.15) is 0 Å². The van der Waals surface area contributed by atoms with Crippen LogP contribution in [-0.2, 0) is 6.42 Å². The van der Waals surface area contributed by atoms with Gasteiger partial charge in [-0.05, 0) is 48.9 Å². The van der Waals surface area contributed by atoms with Gasteiger partial charge in [0.1, 0.15) is 0 Å². The highest BCUT2D eigenvalue weighted by atomic mass is 32.1. The highest BCUT2D eigenvalue weighted by molar-refractivity contribution is 7.09. The Balaban J connectivity index is 1.45. The number of thiazole rings is 1. The standard InChI is InChI=1S/C13H17NOS/c15-9(6-10-14-3-4-16-10)13-11-7-1-2-8(5-7)12(11)13/h3-4,7-9,11-13,15H,1-2,5-6H2. The van der Waals surface area contributed by atoms with E-state index in [4.69, 9.17) is 0 Å². The van der Waals surface area contributed by atoms with Crippen LogP contribution in [0.15, 0.2) is 11.6 Å². The number of hydrogen-bond donors (Lipinski definition) is 1. The van der Waals surface area contributed by atoms with E-state index in [1.807, 2.05) is 11.6 Å². The molecule has 2 nitrogen and oxygen atoms in total. The number of fused-ring (bicyclic) bond motifs is 5. The van der Waals surface area contributed by atoms with Gasteiger partial charge in [-0.15, -0.1) is 11.3 Å². The molecule has 3 aliphatic rings. The van der Waals surface area contributed by atoms with E-state index in [0.29, 0.717) is 5.92 Å². The summed E-state index contributed by atoms with van der Waals surface area (Å²) in [6.07, 6.45) is 6.84. The lowest BCUT2D eigenvalue weighted by molar-refractivity contribution is 0.128. The highest BCUT2D eigenvalue weighted by Gasteiger charge is 2.66. The first-order valence-electron chi connectivity index (χ1n) is 6.41. The molecule has 2 bridgehead atoms. The summed E-state index contributed by atoms with van der Waals surface area (Å²) in [5.74, 6) is 4.31. The third-order valence-corrected chi connectivity index (χ3v) is 5.91. The topological polar surface area (TPSA) is 33.1 Å². The smallest absolute Gasteiger partial charge is 0.0950 e. The molecule has 0 saturated heterocycles. The van der Waals surface area contributed by atoms with Crippen molar-refractivity contribution in [3.05, 3.63) is 16.6 Å². The second-order valence-electron chi connectivity index (χ2n) is 5.76. The fraction of sp³-hybridized carbons (Fsp3) is 0.769. The van der Waals surface area contributed by atoms with Crippen LogP contribution in [0.25, 0.3) is 0 Å². The van der Waals surface area contributed by atoms with Gasteiger partial charge in [-0.3, -0.25) is 0 Å². The fourth-order valence-electron chi connectivity index (χ4n) is 4.58. The maximum atomic E-state index is 10.3. The first kappa shape index (κ1) is 9.60. The Hall–Kier alpha value is -0.410. The van der Waals surface area contributed by atoms with E-state index in [1.54, 1.807) is 11.3 Å². The second-order valence-corrected chi connectivity index (χ2v) is 6.74. The minimum atomic E-state index is -0.121. The van der Waals surface area contributed by atoms with Crippen molar-refractivity contribution in [1.82, 2.24) is 4.98 Å². The van der Waals surface area contributed by atoms with Crippen LogP contribution in [-0.4, -0.2) is 16.2 Å². The van der Waals surface area contributed by atoms with Crippen LogP contribution < -0.4 is 0 Å². The largest absolute Gasteiger partial charge is 0.392 e. The molecule has 3 aliphatic carbocycles. The molecule has 3 saturated carbocycles. The summed E-state index contributed by atoms with van der Waals surface area (Å²) < 4.78 is 0. The van der Waals surface area contributed by atoms with Gasteiger partial charge in [0.05, 0.1) is 11.1 Å². The molecule has 0 spiro atoms. The number of aromatic nitrogens is 1. The molecule has 16 heavy (non-hydrogen) atoms. The normalized spacial score (nSPS) is 45.7. The van der Waals surface area contributed by atoms with Crippen LogP contribution in [0, 0.1) is 29.6 Å². The van der Waals surface area contributed by atoms with E-state index in [-0.39, 0.29) is 6.10 Å². The Labute approximate surface area is 99.7 Å². The summed E-state index contributed by atoms with van der Waals surface area (Å²) in [7, 11) is 0. The molecule has 0 amide bonds. The molecule has 3 fully saturated rings. The fourth-order valence-corrected chi connectivity index (χ4v) is 5.24. The minimum Gasteiger partial charge on any atom is -0.392 e. The summed E-state index contributed by atoms with van der Waals surface area (Å²) in [6, 6.07) is 0. The average Bonchev–Trinajstić information content (AvgIpc) is 2.73. The van der Waals surface area contributed by atoms with Gasteiger partial charge in [0.2, 0.25) is 0 Å². The summed E-state index contributed by atoms with van der Waals surface area (Å²) in [6.45, 7) is 0. The zero-order chi connectivity index (χ0) is 10.7. The van der Waals surface area contributed by atoms with Gasteiger partial charge in [0, 0.05) is 18.0 Å². The van der Waals surface area contributed by atoms with Gasteiger partial charge in [0.25, 0.3) is 0 Å².